The number of carbonyl (C=O) groups excluding carboxylic acids is 3. The van der Waals surface area contributed by atoms with Crippen LogP contribution in [0.1, 0.15) is 38.5 Å². The van der Waals surface area contributed by atoms with Crippen molar-refractivity contribution in [3.8, 4) is 0 Å². The molecule has 11 nitrogen and oxygen atoms in total. The van der Waals surface area contributed by atoms with E-state index in [1.165, 1.54) is 11.0 Å². The number of sulfonamides is 1. The number of amides is 3. The van der Waals surface area contributed by atoms with Gasteiger partial charge in [0.2, 0.25) is 27.7 Å². The third-order valence-corrected chi connectivity index (χ3v) is 10.8. The predicted molar refractivity (Wildman–Crippen MR) is 168 cm³/mol. The second-order valence-electron chi connectivity index (χ2n) is 12.1. The number of hydrogen-bond acceptors (Lipinski definition) is 7. The molecule has 3 saturated heterocycles. The fraction of sp³-hybridized carbons (Fsp3) is 0.581. The minimum absolute atomic E-state index is 0.0488. The van der Waals surface area contributed by atoms with Crippen molar-refractivity contribution in [3.63, 3.8) is 0 Å². The van der Waals surface area contributed by atoms with Crippen molar-refractivity contribution in [2.24, 2.45) is 0 Å². The monoisotopic (exact) mass is 647 g/mol. The van der Waals surface area contributed by atoms with E-state index in [2.05, 4.69) is 9.62 Å². The van der Waals surface area contributed by atoms with Crippen LogP contribution < -0.4 is 4.72 Å². The van der Waals surface area contributed by atoms with Crippen LogP contribution in [0.15, 0.2) is 41.3 Å². The lowest BCUT2D eigenvalue weighted by Crippen LogP contribution is -2.55. The van der Waals surface area contributed by atoms with Gasteiger partial charge in [-0.3, -0.25) is 19.3 Å². The van der Waals surface area contributed by atoms with Crippen LogP contribution in [0.2, 0.25) is 5.02 Å². The Bertz CT molecular complexity index is 1490. The van der Waals surface area contributed by atoms with Gasteiger partial charge in [0.05, 0.1) is 24.5 Å². The molecular weight excluding hydrogens is 606 g/mol. The van der Waals surface area contributed by atoms with Gasteiger partial charge >= 0.3 is 0 Å². The van der Waals surface area contributed by atoms with Gasteiger partial charge in [-0.15, -0.1) is 0 Å². The number of hydrogen-bond donors (Lipinski definition) is 1. The average Bonchev–Trinajstić information content (AvgIpc) is 3.67. The van der Waals surface area contributed by atoms with E-state index in [0.717, 1.165) is 49.7 Å². The first kappa shape index (κ1) is 32.6. The number of nitrogens with zero attached hydrogens (tertiary/aromatic N) is 4. The summed E-state index contributed by atoms with van der Waals surface area (Å²) in [5, 5.41) is 2.11. The lowest BCUT2D eigenvalue weighted by Gasteiger charge is -2.35. The molecule has 0 radical (unpaired) electrons. The Morgan fingerprint density at radius 2 is 1.80 bits per heavy atom. The third-order valence-electron chi connectivity index (χ3n) is 9.11. The average molecular weight is 648 g/mol. The van der Waals surface area contributed by atoms with Crippen molar-refractivity contribution in [1.29, 1.82) is 0 Å². The van der Waals surface area contributed by atoms with Gasteiger partial charge in [-0.25, -0.2) is 8.42 Å². The molecule has 3 aliphatic rings. The molecule has 44 heavy (non-hydrogen) atoms. The van der Waals surface area contributed by atoms with E-state index >= 15 is 0 Å². The maximum absolute atomic E-state index is 13.5. The SMILES string of the molecule is COCCC(=O)N(C)C1CCN(C[C@@H]2CCCN2C(=O)CN2CCC[C@H](NS(=O)(=O)c3ccc4cc(Cl)ccc4c3)C2=O)C1. The highest BCUT2D eigenvalue weighted by atomic mass is 35.5. The Balaban J connectivity index is 1.15. The van der Waals surface area contributed by atoms with Crippen LogP contribution in [0, 0.1) is 0 Å². The minimum atomic E-state index is -3.97. The minimum Gasteiger partial charge on any atom is -0.384 e. The first-order valence-corrected chi connectivity index (χ1v) is 17.2. The van der Waals surface area contributed by atoms with Crippen molar-refractivity contribution in [1.82, 2.24) is 24.3 Å². The highest BCUT2D eigenvalue weighted by Crippen LogP contribution is 2.25. The zero-order valence-corrected chi connectivity index (χ0v) is 27.0. The number of ether oxygens (including phenoxy) is 1. The number of nitrogens with one attached hydrogen (secondary N) is 1. The summed E-state index contributed by atoms with van der Waals surface area (Å²) in [6.07, 6.45) is 4.02. The summed E-state index contributed by atoms with van der Waals surface area (Å²) >= 11 is 6.05. The van der Waals surface area contributed by atoms with Crippen LogP contribution in [0.4, 0.5) is 0 Å². The molecule has 2 aromatic rings. The lowest BCUT2D eigenvalue weighted by atomic mass is 10.1. The molecule has 13 heteroatoms. The molecule has 0 bridgehead atoms. The number of likely N-dealkylation sites (tertiary alicyclic amines) is 3. The standard InChI is InChI=1S/C31H42ClN5O6S/c1-34(29(38)12-16-43-2)25-11-15-35(19-25)20-26-5-3-14-37(26)30(39)21-36-13-4-6-28(31(36)40)33-44(41,42)27-10-8-22-17-24(32)9-7-23(22)18-27/h7-10,17-18,25-26,28,33H,3-6,11-16,19-21H2,1-2H3/t25?,26-,28-/m0/s1. The van der Waals surface area contributed by atoms with E-state index in [4.69, 9.17) is 16.3 Å². The number of likely N-dealkylation sites (N-methyl/N-ethyl adjacent to an activating group) is 1. The van der Waals surface area contributed by atoms with Crippen LogP contribution in [-0.2, 0) is 29.1 Å². The van der Waals surface area contributed by atoms with Gasteiger partial charge in [0, 0.05) is 64.0 Å². The molecule has 3 atom stereocenters. The summed E-state index contributed by atoms with van der Waals surface area (Å²) in [6, 6.07) is 9.25. The van der Waals surface area contributed by atoms with E-state index in [1.807, 2.05) is 16.8 Å². The van der Waals surface area contributed by atoms with Gasteiger partial charge in [-0.05, 0) is 67.1 Å². The fourth-order valence-corrected chi connectivity index (χ4v) is 8.03. The number of rotatable bonds is 11. The van der Waals surface area contributed by atoms with Crippen molar-refractivity contribution >= 4 is 50.1 Å². The maximum atomic E-state index is 13.5. The number of piperidine rings is 1. The summed E-state index contributed by atoms with van der Waals surface area (Å²) in [6.45, 7) is 3.76. The topological polar surface area (TPSA) is 120 Å². The number of carbonyl (C=O) groups is 3. The van der Waals surface area contributed by atoms with Gasteiger partial charge in [0.25, 0.3) is 0 Å². The molecule has 0 aliphatic carbocycles. The Kier molecular flexibility index (Phi) is 10.5. The third kappa shape index (κ3) is 7.54. The zero-order valence-electron chi connectivity index (χ0n) is 25.4. The predicted octanol–water partition coefficient (Wildman–Crippen LogP) is 2.32. The highest BCUT2D eigenvalue weighted by molar-refractivity contribution is 7.89. The second kappa shape index (κ2) is 14.1. The molecule has 2 aromatic carbocycles. The molecule has 3 amide bonds. The van der Waals surface area contributed by atoms with Crippen molar-refractivity contribution in [2.75, 3.05) is 60.0 Å². The molecule has 1 N–H and O–H groups in total. The molecule has 0 saturated carbocycles. The molecule has 3 aliphatic heterocycles. The number of methoxy groups -OCH3 is 1. The van der Waals surface area contributed by atoms with Gasteiger partial charge in [-0.2, -0.15) is 4.72 Å². The first-order valence-electron chi connectivity index (χ1n) is 15.3. The lowest BCUT2D eigenvalue weighted by molar-refractivity contribution is -0.143. The van der Waals surface area contributed by atoms with Crippen molar-refractivity contribution in [2.45, 2.75) is 61.5 Å². The molecule has 240 valence electrons. The summed E-state index contributed by atoms with van der Waals surface area (Å²) in [5.41, 5.74) is 0. The van der Waals surface area contributed by atoms with Crippen molar-refractivity contribution in [3.05, 3.63) is 41.4 Å². The Labute approximate surface area is 264 Å². The molecule has 0 spiro atoms. The van der Waals surface area contributed by atoms with Gasteiger partial charge in [-0.1, -0.05) is 23.7 Å². The summed E-state index contributed by atoms with van der Waals surface area (Å²) in [7, 11) is -0.533. The summed E-state index contributed by atoms with van der Waals surface area (Å²) < 4.78 is 34.1. The maximum Gasteiger partial charge on any atom is 0.242 e. The van der Waals surface area contributed by atoms with E-state index in [9.17, 15) is 22.8 Å². The summed E-state index contributed by atoms with van der Waals surface area (Å²) in [5.74, 6) is -0.411. The Hall–Kier alpha value is -2.77. The van der Waals surface area contributed by atoms with Crippen LogP contribution in [-0.4, -0.2) is 124 Å². The van der Waals surface area contributed by atoms with E-state index < -0.39 is 16.1 Å². The molecule has 5 rings (SSSR count). The Morgan fingerprint density at radius 3 is 2.59 bits per heavy atom. The normalized spacial score (nSPS) is 23.1. The smallest absolute Gasteiger partial charge is 0.242 e. The molecule has 3 fully saturated rings. The van der Waals surface area contributed by atoms with Crippen molar-refractivity contribution < 1.29 is 27.5 Å². The van der Waals surface area contributed by atoms with Gasteiger partial charge in [0.1, 0.15) is 6.04 Å². The Morgan fingerprint density at radius 1 is 1.05 bits per heavy atom. The quantitative estimate of drug-likeness (QED) is 0.398. The first-order chi connectivity index (χ1) is 21.1. The van der Waals surface area contributed by atoms with E-state index in [1.54, 1.807) is 37.4 Å². The van der Waals surface area contributed by atoms with Crippen LogP contribution in [0.25, 0.3) is 10.8 Å². The van der Waals surface area contributed by atoms with E-state index in [-0.39, 0.29) is 41.2 Å². The van der Waals surface area contributed by atoms with Crippen LogP contribution in [0.5, 0.6) is 0 Å². The fourth-order valence-electron chi connectivity index (χ4n) is 6.59. The van der Waals surface area contributed by atoms with Gasteiger partial charge < -0.3 is 19.4 Å². The molecule has 1 unspecified atom stereocenters. The second-order valence-corrected chi connectivity index (χ2v) is 14.2. The summed E-state index contributed by atoms with van der Waals surface area (Å²) in [4.78, 5) is 46.9. The number of benzene rings is 2. The van der Waals surface area contributed by atoms with Crippen LogP contribution >= 0.6 is 11.6 Å². The van der Waals surface area contributed by atoms with Crippen LogP contribution in [0.3, 0.4) is 0 Å². The molecular formula is C31H42ClN5O6S. The van der Waals surface area contributed by atoms with Gasteiger partial charge in [0.15, 0.2) is 0 Å². The number of halogens is 1. The number of fused-ring (bicyclic) bond motifs is 1. The molecule has 3 heterocycles. The molecule has 0 aromatic heterocycles. The largest absolute Gasteiger partial charge is 0.384 e. The van der Waals surface area contributed by atoms with E-state index in [0.29, 0.717) is 44.0 Å². The highest BCUT2D eigenvalue weighted by Gasteiger charge is 2.37. The zero-order chi connectivity index (χ0) is 31.4.